The van der Waals surface area contributed by atoms with E-state index in [-0.39, 0.29) is 38.3 Å². The minimum Gasteiger partial charge on any atom is -0.497 e. The quantitative estimate of drug-likeness (QED) is 0.344. The summed E-state index contributed by atoms with van der Waals surface area (Å²) in [5.74, 6) is 0.412. The van der Waals surface area contributed by atoms with Gasteiger partial charge >= 0.3 is 0 Å². The van der Waals surface area contributed by atoms with Gasteiger partial charge in [0, 0.05) is 5.56 Å². The molecule has 0 aliphatic heterocycles. The zero-order valence-electron chi connectivity index (χ0n) is 16.9. The molecule has 14 heteroatoms. The highest BCUT2D eigenvalue weighted by Gasteiger charge is 2.22. The molecule has 33 heavy (non-hydrogen) atoms. The van der Waals surface area contributed by atoms with Crippen molar-refractivity contribution in [1.29, 1.82) is 0 Å². The van der Waals surface area contributed by atoms with Crippen molar-refractivity contribution in [3.8, 4) is 17.1 Å². The average Bonchev–Trinajstić information content (AvgIpc) is 3.48. The van der Waals surface area contributed by atoms with Gasteiger partial charge in [-0.3, -0.25) is 10.1 Å². The zero-order chi connectivity index (χ0) is 23.4. The molecule has 0 radical (unpaired) electrons. The molecule has 2 aromatic heterocycles. The summed E-state index contributed by atoms with van der Waals surface area (Å²) in [5.41, 5.74) is 0.871. The molecule has 2 aromatic carbocycles. The van der Waals surface area contributed by atoms with Crippen molar-refractivity contribution in [1.82, 2.24) is 25.1 Å². The van der Waals surface area contributed by atoms with E-state index in [0.717, 1.165) is 0 Å². The molecule has 0 bridgehead atoms. The third kappa shape index (κ3) is 5.34. The summed E-state index contributed by atoms with van der Waals surface area (Å²) in [7, 11) is -2.50. The number of hydrogen-bond donors (Lipinski definition) is 2. The van der Waals surface area contributed by atoms with E-state index in [1.165, 1.54) is 13.2 Å². The van der Waals surface area contributed by atoms with Crippen LogP contribution in [-0.2, 0) is 16.6 Å². The fourth-order valence-electron chi connectivity index (χ4n) is 2.60. The number of carbonyl (C=O) groups excluding carboxylic acids is 1. The van der Waals surface area contributed by atoms with Crippen LogP contribution in [0, 0.1) is 0 Å². The third-order valence-corrected chi connectivity index (χ3v) is 7.12. The van der Waals surface area contributed by atoms with Gasteiger partial charge in [0.15, 0.2) is 0 Å². The van der Waals surface area contributed by atoms with E-state index in [0.29, 0.717) is 22.6 Å². The Kier molecular flexibility index (Phi) is 6.65. The molecule has 11 nitrogen and oxygen atoms in total. The molecule has 0 spiro atoms. The third-order valence-electron chi connectivity index (χ3n) is 4.18. The van der Waals surface area contributed by atoms with Crippen LogP contribution in [0.4, 0.5) is 5.13 Å². The van der Waals surface area contributed by atoms with E-state index in [9.17, 15) is 13.2 Å². The van der Waals surface area contributed by atoms with E-state index in [1.54, 1.807) is 42.5 Å². The fraction of sp³-hybridized carbons (Fsp3) is 0.105. The molecule has 0 saturated heterocycles. The largest absolute Gasteiger partial charge is 0.497 e. The maximum Gasteiger partial charge on any atom is 0.270 e. The molecule has 0 atom stereocenters. The van der Waals surface area contributed by atoms with Gasteiger partial charge in [-0.25, -0.2) is 8.42 Å². The Labute approximate surface area is 196 Å². The lowest BCUT2D eigenvalue weighted by molar-refractivity contribution is 0.102. The Morgan fingerprint density at radius 3 is 2.79 bits per heavy atom. The monoisotopic (exact) mass is 506 g/mol. The predicted molar refractivity (Wildman–Crippen MR) is 120 cm³/mol. The minimum absolute atomic E-state index is 0.00149. The van der Waals surface area contributed by atoms with Crippen molar-refractivity contribution in [2.75, 3.05) is 12.4 Å². The van der Waals surface area contributed by atoms with Crippen LogP contribution in [0.5, 0.6) is 5.75 Å². The SMILES string of the molecule is COc1cccc(-c2noc(CNS(=O)(=O)c3nnc(NC(=O)c4ccccc4Cl)s3)n2)c1. The zero-order valence-corrected chi connectivity index (χ0v) is 19.2. The summed E-state index contributed by atoms with van der Waals surface area (Å²) in [5, 5.41) is 13.9. The molecule has 0 unspecified atom stereocenters. The summed E-state index contributed by atoms with van der Waals surface area (Å²) in [6.45, 7) is -0.264. The average molecular weight is 507 g/mol. The number of carbonyl (C=O) groups is 1. The topological polar surface area (TPSA) is 149 Å². The molecule has 1 amide bonds. The number of anilines is 1. The van der Waals surface area contributed by atoms with Crippen molar-refractivity contribution >= 4 is 44.0 Å². The first-order chi connectivity index (χ1) is 15.9. The van der Waals surface area contributed by atoms with Crippen LogP contribution >= 0.6 is 22.9 Å². The van der Waals surface area contributed by atoms with Gasteiger partial charge in [-0.15, -0.1) is 10.2 Å². The summed E-state index contributed by atoms with van der Waals surface area (Å²) in [6.07, 6.45) is 0. The predicted octanol–water partition coefficient (Wildman–Crippen LogP) is 2.98. The highest BCUT2D eigenvalue weighted by molar-refractivity contribution is 7.91. The van der Waals surface area contributed by atoms with Gasteiger partial charge < -0.3 is 9.26 Å². The lowest BCUT2D eigenvalue weighted by Gasteiger charge is -2.02. The van der Waals surface area contributed by atoms with Crippen LogP contribution in [0.3, 0.4) is 0 Å². The summed E-state index contributed by atoms with van der Waals surface area (Å²) >= 11 is 6.67. The standard InChI is InChI=1S/C19H15ClN6O5S2/c1-30-12-6-4-5-11(9-12)16-22-15(31-26-16)10-21-33(28,29)19-25-24-18(32-19)23-17(27)13-7-2-3-8-14(13)20/h2-9,21H,10H2,1H3,(H,23,24,27). The number of ether oxygens (including phenoxy) is 1. The molecule has 0 fully saturated rings. The second-order valence-electron chi connectivity index (χ2n) is 6.38. The second-order valence-corrected chi connectivity index (χ2v) is 9.70. The van der Waals surface area contributed by atoms with Crippen molar-refractivity contribution in [3.05, 3.63) is 65.0 Å². The van der Waals surface area contributed by atoms with Crippen molar-refractivity contribution in [2.45, 2.75) is 10.9 Å². The molecular weight excluding hydrogens is 492 g/mol. The molecule has 2 heterocycles. The number of aromatic nitrogens is 4. The highest BCUT2D eigenvalue weighted by Crippen LogP contribution is 2.23. The van der Waals surface area contributed by atoms with Crippen molar-refractivity contribution in [2.24, 2.45) is 0 Å². The van der Waals surface area contributed by atoms with E-state index < -0.39 is 15.9 Å². The van der Waals surface area contributed by atoms with Gasteiger partial charge in [-0.05, 0) is 24.3 Å². The maximum absolute atomic E-state index is 12.5. The number of methoxy groups -OCH3 is 1. The number of nitrogens with one attached hydrogen (secondary N) is 2. The second kappa shape index (κ2) is 9.62. The van der Waals surface area contributed by atoms with Crippen LogP contribution in [0.25, 0.3) is 11.4 Å². The van der Waals surface area contributed by atoms with E-state index in [4.69, 9.17) is 20.9 Å². The van der Waals surface area contributed by atoms with Crippen LogP contribution in [0.1, 0.15) is 16.2 Å². The number of amides is 1. The molecule has 0 saturated carbocycles. The van der Waals surface area contributed by atoms with Crippen molar-refractivity contribution < 1.29 is 22.5 Å². The summed E-state index contributed by atoms with van der Waals surface area (Å²) in [4.78, 5) is 16.5. The van der Waals surface area contributed by atoms with Crippen LogP contribution in [0.15, 0.2) is 57.4 Å². The van der Waals surface area contributed by atoms with Crippen LogP contribution < -0.4 is 14.8 Å². The number of benzene rings is 2. The Morgan fingerprint density at radius 2 is 2.00 bits per heavy atom. The maximum atomic E-state index is 12.5. The smallest absolute Gasteiger partial charge is 0.270 e. The molecule has 0 aliphatic carbocycles. The highest BCUT2D eigenvalue weighted by atomic mass is 35.5. The molecule has 4 aromatic rings. The lowest BCUT2D eigenvalue weighted by Crippen LogP contribution is -2.23. The molecular formula is C19H15ClN6O5S2. The summed E-state index contributed by atoms with van der Waals surface area (Å²) < 4.78 is 37.3. The first-order valence-corrected chi connectivity index (χ1v) is 11.9. The minimum atomic E-state index is -4.04. The molecule has 170 valence electrons. The number of hydrogen-bond acceptors (Lipinski definition) is 10. The number of halogens is 1. The first-order valence-electron chi connectivity index (χ1n) is 9.22. The summed E-state index contributed by atoms with van der Waals surface area (Å²) in [6, 6.07) is 13.5. The number of sulfonamides is 1. The van der Waals surface area contributed by atoms with Crippen LogP contribution in [-0.4, -0.2) is 41.8 Å². The van der Waals surface area contributed by atoms with Gasteiger partial charge in [-0.2, -0.15) is 9.71 Å². The Bertz CT molecular complexity index is 1400. The van der Waals surface area contributed by atoms with Gasteiger partial charge in [-0.1, -0.05) is 52.4 Å². The Hall–Kier alpha value is -3.39. The van der Waals surface area contributed by atoms with Gasteiger partial charge in [0.2, 0.25) is 21.2 Å². The molecule has 0 aliphatic rings. The van der Waals surface area contributed by atoms with Gasteiger partial charge in [0.05, 0.1) is 24.2 Å². The van der Waals surface area contributed by atoms with Crippen molar-refractivity contribution in [3.63, 3.8) is 0 Å². The van der Waals surface area contributed by atoms with Crippen LogP contribution in [0.2, 0.25) is 5.02 Å². The first kappa shape index (κ1) is 22.8. The lowest BCUT2D eigenvalue weighted by atomic mass is 10.2. The Balaban J connectivity index is 1.41. The van der Waals surface area contributed by atoms with Gasteiger partial charge in [0.1, 0.15) is 5.75 Å². The Morgan fingerprint density at radius 1 is 1.18 bits per heavy atom. The van der Waals surface area contributed by atoms with Gasteiger partial charge in [0.25, 0.3) is 15.9 Å². The van der Waals surface area contributed by atoms with E-state index in [1.807, 2.05) is 0 Å². The number of rotatable bonds is 8. The van der Waals surface area contributed by atoms with E-state index >= 15 is 0 Å². The normalized spacial score (nSPS) is 11.3. The molecule has 2 N–H and O–H groups in total. The van der Waals surface area contributed by atoms with E-state index in [2.05, 4.69) is 30.4 Å². The molecule has 4 rings (SSSR count). The number of nitrogens with zero attached hydrogens (tertiary/aromatic N) is 4. The fourth-order valence-corrected chi connectivity index (χ4v) is 4.73.